The first-order chi connectivity index (χ1) is 7.70. The Morgan fingerprint density at radius 3 is 2.35 bits per heavy atom. The fraction of sp³-hybridized carbons (Fsp3) is 0.462. The van der Waals surface area contributed by atoms with E-state index in [0.717, 1.165) is 4.47 Å². The van der Waals surface area contributed by atoms with Crippen LogP contribution in [0.15, 0.2) is 22.7 Å². The van der Waals surface area contributed by atoms with Gasteiger partial charge in [0.15, 0.2) is 0 Å². The van der Waals surface area contributed by atoms with Crippen LogP contribution in [0.25, 0.3) is 0 Å². The van der Waals surface area contributed by atoms with Crippen molar-refractivity contribution in [2.75, 3.05) is 0 Å². The normalized spacial score (nSPS) is 15.5. The predicted octanol–water partition coefficient (Wildman–Crippen LogP) is 4.09. The van der Waals surface area contributed by atoms with Crippen molar-refractivity contribution in [3.63, 3.8) is 0 Å². The smallest absolute Gasteiger partial charge is 0.129 e. The molecule has 0 bridgehead atoms. The van der Waals surface area contributed by atoms with E-state index in [1.807, 2.05) is 26.8 Å². The topological polar surface area (TPSA) is 29.5 Å². The second-order valence-corrected chi connectivity index (χ2v) is 6.43. The van der Waals surface area contributed by atoms with Crippen LogP contribution in [0.2, 0.25) is 5.02 Å². The zero-order valence-corrected chi connectivity index (χ0v) is 12.5. The van der Waals surface area contributed by atoms with Gasteiger partial charge in [-0.15, -0.1) is 0 Å². The van der Waals surface area contributed by atoms with Gasteiger partial charge in [0.25, 0.3) is 0 Å². The quantitative estimate of drug-likeness (QED) is 0.909. The van der Waals surface area contributed by atoms with Crippen LogP contribution in [0.1, 0.15) is 20.8 Å². The largest absolute Gasteiger partial charge is 0.487 e. The number of aliphatic hydroxyl groups excluding tert-OH is 1. The number of hydrogen-bond donors (Lipinski definition) is 1. The average Bonchev–Trinajstić information content (AvgIpc) is 2.10. The minimum atomic E-state index is -0.798. The number of aliphatic hydroxyl groups is 1. The molecule has 2 nitrogen and oxygen atoms in total. The Labute approximate surface area is 116 Å². The number of benzene rings is 1. The van der Waals surface area contributed by atoms with Gasteiger partial charge in [0, 0.05) is 14.9 Å². The van der Waals surface area contributed by atoms with Crippen molar-refractivity contribution >= 4 is 27.5 Å². The van der Waals surface area contributed by atoms with E-state index in [-0.39, 0.29) is 5.41 Å². The molecule has 0 heterocycles. The van der Waals surface area contributed by atoms with Crippen molar-refractivity contribution < 1.29 is 9.84 Å². The molecule has 4 heteroatoms. The van der Waals surface area contributed by atoms with Crippen molar-refractivity contribution in [2.45, 2.75) is 33.0 Å². The van der Waals surface area contributed by atoms with Gasteiger partial charge in [-0.2, -0.15) is 0 Å². The van der Waals surface area contributed by atoms with Crippen molar-refractivity contribution in [1.29, 1.82) is 0 Å². The molecule has 1 radical (unpaired) electrons. The van der Waals surface area contributed by atoms with Gasteiger partial charge in [0.1, 0.15) is 11.9 Å². The Kier molecular flexibility index (Phi) is 4.87. The minimum Gasteiger partial charge on any atom is -0.487 e. The summed E-state index contributed by atoms with van der Waals surface area (Å²) in [5.74, 6) is 0.618. The summed E-state index contributed by atoms with van der Waals surface area (Å²) < 4.78 is 6.61. The molecule has 0 aromatic heterocycles. The molecule has 0 saturated carbocycles. The summed E-state index contributed by atoms with van der Waals surface area (Å²) in [4.78, 5) is 0. The Balaban J connectivity index is 2.94. The minimum absolute atomic E-state index is 0.212. The highest BCUT2D eigenvalue weighted by atomic mass is 79.9. The third kappa shape index (κ3) is 4.49. The monoisotopic (exact) mass is 319 g/mol. The lowest BCUT2D eigenvalue weighted by molar-refractivity contribution is -0.00486. The number of ether oxygens (including phenoxy) is 1. The maximum absolute atomic E-state index is 9.67. The highest BCUT2D eigenvalue weighted by molar-refractivity contribution is 9.10. The van der Waals surface area contributed by atoms with E-state index in [9.17, 15) is 5.11 Å². The van der Waals surface area contributed by atoms with Gasteiger partial charge >= 0.3 is 0 Å². The lowest BCUT2D eigenvalue weighted by atomic mass is 9.86. The lowest BCUT2D eigenvalue weighted by Crippen LogP contribution is -2.41. The molecule has 1 aromatic rings. The van der Waals surface area contributed by atoms with E-state index < -0.39 is 12.2 Å². The zero-order chi connectivity index (χ0) is 13.2. The molecule has 1 aromatic carbocycles. The Morgan fingerprint density at radius 2 is 1.94 bits per heavy atom. The van der Waals surface area contributed by atoms with Crippen LogP contribution < -0.4 is 4.74 Å². The average molecular weight is 321 g/mol. The summed E-state index contributed by atoms with van der Waals surface area (Å²) in [5.41, 5.74) is -0.212. The Bertz CT molecular complexity index is 365. The van der Waals surface area contributed by atoms with Gasteiger partial charge in [0.05, 0.1) is 6.10 Å². The van der Waals surface area contributed by atoms with Crippen LogP contribution >= 0.6 is 27.5 Å². The molecule has 0 aliphatic heterocycles. The van der Waals surface area contributed by atoms with Gasteiger partial charge in [-0.1, -0.05) is 48.3 Å². The molecule has 0 spiro atoms. The molecule has 95 valence electrons. The van der Waals surface area contributed by atoms with Crippen molar-refractivity contribution in [3.8, 4) is 5.75 Å². The van der Waals surface area contributed by atoms with Gasteiger partial charge in [0.2, 0.25) is 0 Å². The molecule has 0 amide bonds. The van der Waals surface area contributed by atoms with Crippen LogP contribution in [0.3, 0.4) is 0 Å². The summed E-state index contributed by atoms with van der Waals surface area (Å²) in [6.07, 6.45) is -1.19. The van der Waals surface area contributed by atoms with Gasteiger partial charge < -0.3 is 9.84 Å². The second-order valence-electron chi connectivity index (χ2n) is 5.08. The number of halogens is 2. The summed E-state index contributed by atoms with van der Waals surface area (Å²) in [6.45, 7) is 9.61. The summed E-state index contributed by atoms with van der Waals surface area (Å²) in [7, 11) is 0. The van der Waals surface area contributed by atoms with Gasteiger partial charge in [-0.3, -0.25) is 0 Å². The maximum Gasteiger partial charge on any atom is 0.129 e. The van der Waals surface area contributed by atoms with Crippen LogP contribution in [-0.4, -0.2) is 17.3 Å². The highest BCUT2D eigenvalue weighted by Gasteiger charge is 2.31. The molecule has 2 unspecified atom stereocenters. The van der Waals surface area contributed by atoms with E-state index in [1.54, 1.807) is 12.1 Å². The fourth-order valence-corrected chi connectivity index (χ4v) is 2.40. The summed E-state index contributed by atoms with van der Waals surface area (Å²) in [5, 5.41) is 10.3. The molecule has 0 fully saturated rings. The Hall–Kier alpha value is -0.250. The van der Waals surface area contributed by atoms with Crippen LogP contribution in [0.5, 0.6) is 5.75 Å². The molecule has 1 rings (SSSR count). The van der Waals surface area contributed by atoms with E-state index in [4.69, 9.17) is 16.3 Å². The molecule has 17 heavy (non-hydrogen) atoms. The van der Waals surface area contributed by atoms with Gasteiger partial charge in [-0.25, -0.2) is 0 Å². The number of rotatable bonds is 3. The number of hydrogen-bond acceptors (Lipinski definition) is 2. The predicted molar refractivity (Wildman–Crippen MR) is 74.4 cm³/mol. The van der Waals surface area contributed by atoms with Crippen molar-refractivity contribution in [2.24, 2.45) is 5.41 Å². The molecule has 0 aliphatic rings. The fourth-order valence-electron chi connectivity index (χ4n) is 1.58. The summed E-state index contributed by atoms with van der Waals surface area (Å²) in [6, 6.07) is 5.31. The first kappa shape index (κ1) is 14.8. The van der Waals surface area contributed by atoms with Crippen molar-refractivity contribution in [3.05, 3.63) is 34.6 Å². The molecular formula is C13H17BrClO2. The standard InChI is InChI=1S/C13H17BrClO2/c1-8(16)12(13(2,3)4)17-11-6-9(14)5-10(15)7-11/h5-8,12,16H,1H2,2-4H3. The lowest BCUT2D eigenvalue weighted by Gasteiger charge is -2.33. The van der Waals surface area contributed by atoms with E-state index in [1.165, 1.54) is 0 Å². The molecule has 1 N–H and O–H groups in total. The zero-order valence-electron chi connectivity index (χ0n) is 10.2. The van der Waals surface area contributed by atoms with Crippen molar-refractivity contribution in [1.82, 2.24) is 0 Å². The van der Waals surface area contributed by atoms with Crippen LogP contribution in [-0.2, 0) is 0 Å². The molecule has 2 atom stereocenters. The van der Waals surface area contributed by atoms with Crippen LogP contribution in [0.4, 0.5) is 0 Å². The van der Waals surface area contributed by atoms with E-state index in [2.05, 4.69) is 22.9 Å². The van der Waals surface area contributed by atoms with Crippen LogP contribution in [0, 0.1) is 12.3 Å². The third-order valence-corrected chi connectivity index (χ3v) is 2.98. The summed E-state index contributed by atoms with van der Waals surface area (Å²) >= 11 is 9.29. The molecular weight excluding hydrogens is 303 g/mol. The van der Waals surface area contributed by atoms with E-state index in [0.29, 0.717) is 10.8 Å². The second kappa shape index (κ2) is 5.59. The third-order valence-electron chi connectivity index (χ3n) is 2.30. The maximum atomic E-state index is 9.67. The first-order valence-corrected chi connectivity index (χ1v) is 6.51. The first-order valence-electron chi connectivity index (χ1n) is 5.34. The van der Waals surface area contributed by atoms with E-state index >= 15 is 0 Å². The molecule has 0 aliphatic carbocycles. The molecule has 0 saturated heterocycles. The van der Waals surface area contributed by atoms with Gasteiger partial charge in [-0.05, 0) is 25.1 Å². The Morgan fingerprint density at radius 1 is 1.35 bits per heavy atom. The highest BCUT2D eigenvalue weighted by Crippen LogP contribution is 2.30. The SMILES string of the molecule is [CH2]C(O)C(Oc1cc(Cl)cc(Br)c1)C(C)(C)C.